The molecule has 0 amide bonds. The average Bonchev–Trinajstić information content (AvgIpc) is 3.36. The molecule has 10 heteroatoms. The molecule has 3 heterocycles. The molecule has 2 aliphatic rings. The van der Waals surface area contributed by atoms with Crippen molar-refractivity contribution in [2.75, 3.05) is 47.7 Å². The first-order valence-corrected chi connectivity index (χ1v) is 12.9. The second kappa shape index (κ2) is 11.2. The van der Waals surface area contributed by atoms with Crippen molar-refractivity contribution in [3.63, 3.8) is 0 Å². The number of rotatable bonds is 9. The van der Waals surface area contributed by atoms with Crippen molar-refractivity contribution in [2.24, 2.45) is 5.92 Å². The highest BCUT2D eigenvalue weighted by Crippen LogP contribution is 2.33. The molecule has 0 bridgehead atoms. The number of nitrogens with one attached hydrogen (secondary N) is 2. The van der Waals surface area contributed by atoms with Crippen LogP contribution in [0.3, 0.4) is 0 Å². The summed E-state index contributed by atoms with van der Waals surface area (Å²) in [5.41, 5.74) is 6.77. The number of hydrogen-bond acceptors (Lipinski definition) is 9. The molecule has 2 saturated heterocycles. The van der Waals surface area contributed by atoms with Crippen LogP contribution in [0.4, 0.5) is 27.9 Å². The maximum atomic E-state index is 14.7. The fourth-order valence-electron chi connectivity index (χ4n) is 4.70. The summed E-state index contributed by atoms with van der Waals surface area (Å²) in [6.07, 6.45) is 5.36. The lowest BCUT2D eigenvalue weighted by atomic mass is 10.0. The third kappa shape index (κ3) is 5.78. The SMILES string of the molecule is CCC(C1CCCN1)N(c1ccc(OC)c(F)c1)c1nc(N)nc(NCC2CCSCC2)n1. The summed E-state index contributed by atoms with van der Waals surface area (Å²) in [7, 11) is 1.46. The second-order valence-electron chi connectivity index (χ2n) is 8.62. The lowest BCUT2D eigenvalue weighted by molar-refractivity contribution is 0.386. The van der Waals surface area contributed by atoms with Gasteiger partial charge < -0.3 is 26.0 Å². The van der Waals surface area contributed by atoms with E-state index in [4.69, 9.17) is 15.5 Å². The summed E-state index contributed by atoms with van der Waals surface area (Å²) in [6.45, 7) is 3.90. The van der Waals surface area contributed by atoms with E-state index in [1.807, 2.05) is 22.7 Å². The van der Waals surface area contributed by atoms with Gasteiger partial charge in [0.15, 0.2) is 11.6 Å². The van der Waals surface area contributed by atoms with Crippen LogP contribution < -0.4 is 26.0 Å². The molecule has 8 nitrogen and oxygen atoms in total. The van der Waals surface area contributed by atoms with Crippen molar-refractivity contribution < 1.29 is 9.13 Å². The molecule has 4 rings (SSSR count). The van der Waals surface area contributed by atoms with Crippen molar-refractivity contribution in [1.82, 2.24) is 20.3 Å². The van der Waals surface area contributed by atoms with Gasteiger partial charge in [0.05, 0.1) is 13.2 Å². The van der Waals surface area contributed by atoms with E-state index in [0.717, 1.165) is 32.4 Å². The number of anilines is 4. The van der Waals surface area contributed by atoms with Crippen molar-refractivity contribution in [3.05, 3.63) is 24.0 Å². The topological polar surface area (TPSA) is 101 Å². The van der Waals surface area contributed by atoms with Gasteiger partial charge in [-0.1, -0.05) is 6.92 Å². The Morgan fingerprint density at radius 1 is 1.27 bits per heavy atom. The third-order valence-electron chi connectivity index (χ3n) is 6.47. The number of nitrogens with two attached hydrogens (primary N) is 1. The molecule has 1 aromatic heterocycles. The van der Waals surface area contributed by atoms with Crippen LogP contribution in [0.5, 0.6) is 5.75 Å². The fraction of sp³-hybridized carbons (Fsp3) is 0.609. The van der Waals surface area contributed by atoms with Gasteiger partial charge in [-0.2, -0.15) is 26.7 Å². The number of nitrogen functional groups attached to an aromatic ring is 1. The molecule has 0 aliphatic carbocycles. The van der Waals surface area contributed by atoms with E-state index in [1.165, 1.54) is 37.5 Å². The van der Waals surface area contributed by atoms with Crippen molar-refractivity contribution in [3.8, 4) is 5.75 Å². The quantitative estimate of drug-likeness (QED) is 0.499. The number of methoxy groups -OCH3 is 1. The molecule has 0 radical (unpaired) electrons. The normalized spacial score (nSPS) is 19.9. The smallest absolute Gasteiger partial charge is 0.236 e. The Labute approximate surface area is 199 Å². The van der Waals surface area contributed by atoms with Gasteiger partial charge in [-0.05, 0) is 68.2 Å². The number of thioether (sulfide) groups is 1. The Hall–Kier alpha value is -2.33. The maximum absolute atomic E-state index is 14.7. The third-order valence-corrected chi connectivity index (χ3v) is 7.52. The highest BCUT2D eigenvalue weighted by Gasteiger charge is 2.32. The van der Waals surface area contributed by atoms with E-state index in [-0.39, 0.29) is 23.8 Å². The number of hydrogen-bond donors (Lipinski definition) is 3. The lowest BCUT2D eigenvalue weighted by Crippen LogP contribution is -2.46. The predicted octanol–water partition coefficient (Wildman–Crippen LogP) is 3.83. The number of aromatic nitrogens is 3. The molecular weight excluding hydrogens is 441 g/mol. The Kier molecular flexibility index (Phi) is 8.08. The van der Waals surface area contributed by atoms with Crippen LogP contribution in [-0.4, -0.2) is 58.7 Å². The van der Waals surface area contributed by atoms with Crippen LogP contribution in [-0.2, 0) is 0 Å². The molecule has 180 valence electrons. The lowest BCUT2D eigenvalue weighted by Gasteiger charge is -2.35. The molecule has 0 saturated carbocycles. The molecule has 2 aliphatic heterocycles. The summed E-state index contributed by atoms with van der Waals surface area (Å²) >= 11 is 2.01. The minimum absolute atomic E-state index is 0.0327. The van der Waals surface area contributed by atoms with Crippen molar-refractivity contribution >= 4 is 35.3 Å². The number of ether oxygens (including phenoxy) is 1. The van der Waals surface area contributed by atoms with Gasteiger partial charge in [-0.15, -0.1) is 0 Å². The highest BCUT2D eigenvalue weighted by molar-refractivity contribution is 7.99. The molecule has 2 unspecified atom stereocenters. The van der Waals surface area contributed by atoms with Crippen LogP contribution >= 0.6 is 11.8 Å². The maximum Gasteiger partial charge on any atom is 0.236 e. The summed E-state index contributed by atoms with van der Waals surface area (Å²) in [5.74, 6) is 3.80. The number of halogens is 1. The van der Waals surface area contributed by atoms with E-state index < -0.39 is 5.82 Å². The van der Waals surface area contributed by atoms with Crippen LogP contribution in [0.1, 0.15) is 39.0 Å². The highest BCUT2D eigenvalue weighted by atomic mass is 32.2. The summed E-state index contributed by atoms with van der Waals surface area (Å²) in [6, 6.07) is 5.23. The summed E-state index contributed by atoms with van der Waals surface area (Å²) < 4.78 is 19.8. The second-order valence-corrected chi connectivity index (χ2v) is 9.85. The fourth-order valence-corrected chi connectivity index (χ4v) is 5.91. The minimum Gasteiger partial charge on any atom is -0.494 e. The zero-order valence-electron chi connectivity index (χ0n) is 19.4. The predicted molar refractivity (Wildman–Crippen MR) is 133 cm³/mol. The van der Waals surface area contributed by atoms with E-state index in [1.54, 1.807) is 6.07 Å². The first-order valence-electron chi connectivity index (χ1n) is 11.8. The van der Waals surface area contributed by atoms with E-state index in [2.05, 4.69) is 27.5 Å². The van der Waals surface area contributed by atoms with E-state index >= 15 is 0 Å². The van der Waals surface area contributed by atoms with Gasteiger partial charge in [0, 0.05) is 24.3 Å². The van der Waals surface area contributed by atoms with Gasteiger partial charge in [-0.25, -0.2) is 4.39 Å². The van der Waals surface area contributed by atoms with Crippen LogP contribution in [0.25, 0.3) is 0 Å². The van der Waals surface area contributed by atoms with Crippen LogP contribution in [0, 0.1) is 11.7 Å². The largest absolute Gasteiger partial charge is 0.494 e. The summed E-state index contributed by atoms with van der Waals surface area (Å²) in [4.78, 5) is 15.5. The van der Waals surface area contributed by atoms with Gasteiger partial charge in [0.25, 0.3) is 0 Å². The van der Waals surface area contributed by atoms with Gasteiger partial charge in [0.1, 0.15) is 0 Å². The molecule has 2 fully saturated rings. The van der Waals surface area contributed by atoms with Gasteiger partial charge in [0.2, 0.25) is 17.8 Å². The Bertz CT molecular complexity index is 922. The molecule has 0 spiro atoms. The zero-order chi connectivity index (χ0) is 23.2. The zero-order valence-corrected chi connectivity index (χ0v) is 20.2. The Morgan fingerprint density at radius 2 is 2.09 bits per heavy atom. The standard InChI is InChI=1S/C23H34FN7OS/c1-3-19(18-5-4-10-26-18)31(16-6-7-20(32-2)17(24)13-16)23-29-21(25)28-22(30-23)27-14-15-8-11-33-12-9-15/h6-7,13,15,18-19,26H,3-5,8-12,14H2,1-2H3,(H3,25,27,28,29,30). The van der Waals surface area contributed by atoms with Crippen LogP contribution in [0.15, 0.2) is 18.2 Å². The van der Waals surface area contributed by atoms with E-state index in [9.17, 15) is 4.39 Å². The molecular formula is C23H34FN7OS. The molecule has 1 aromatic carbocycles. The summed E-state index contributed by atoms with van der Waals surface area (Å²) in [5, 5.41) is 6.95. The Morgan fingerprint density at radius 3 is 2.76 bits per heavy atom. The molecule has 2 aromatic rings. The first kappa shape index (κ1) is 23.8. The first-order chi connectivity index (χ1) is 16.1. The average molecular weight is 476 g/mol. The minimum atomic E-state index is -0.426. The van der Waals surface area contributed by atoms with Gasteiger partial charge in [-0.3, -0.25) is 0 Å². The number of benzene rings is 1. The van der Waals surface area contributed by atoms with Gasteiger partial charge >= 0.3 is 0 Å². The van der Waals surface area contributed by atoms with Crippen LogP contribution in [0.2, 0.25) is 0 Å². The van der Waals surface area contributed by atoms with E-state index in [0.29, 0.717) is 23.5 Å². The molecule has 4 N–H and O–H groups in total. The van der Waals surface area contributed by atoms with Crippen molar-refractivity contribution in [2.45, 2.75) is 51.1 Å². The monoisotopic (exact) mass is 475 g/mol. The Balaban J connectivity index is 1.66. The van der Waals surface area contributed by atoms with Crippen molar-refractivity contribution in [1.29, 1.82) is 0 Å². The number of nitrogens with zero attached hydrogens (tertiary/aromatic N) is 4. The molecule has 2 atom stereocenters. The molecule has 33 heavy (non-hydrogen) atoms.